The molecule has 0 bridgehead atoms. The summed E-state index contributed by atoms with van der Waals surface area (Å²) in [5, 5.41) is 9.40. The molecule has 2 aromatic heterocycles. The summed E-state index contributed by atoms with van der Waals surface area (Å²) in [6.07, 6.45) is 1.64. The standard InChI is InChI=1S/C21H24N4O2S/c1-5-24(13-15(2)3)19(26)14-28-21-23-22-20(18-11-12-27-16(18)4)25(21)17-9-7-6-8-10-17/h6-12H,2,5,13-14H2,1,3-4H3. The molecular weight excluding hydrogens is 372 g/mol. The molecule has 0 saturated carbocycles. The molecule has 0 radical (unpaired) electrons. The van der Waals surface area contributed by atoms with E-state index >= 15 is 0 Å². The number of thioether (sulfide) groups is 1. The van der Waals surface area contributed by atoms with Crippen molar-refractivity contribution in [1.82, 2.24) is 19.7 Å². The molecule has 7 heteroatoms. The van der Waals surface area contributed by atoms with Crippen molar-refractivity contribution in [3.63, 3.8) is 0 Å². The maximum atomic E-state index is 12.6. The van der Waals surface area contributed by atoms with Crippen molar-refractivity contribution >= 4 is 17.7 Å². The number of furan rings is 1. The Morgan fingerprint density at radius 3 is 2.61 bits per heavy atom. The molecule has 0 spiro atoms. The first-order valence-electron chi connectivity index (χ1n) is 9.11. The smallest absolute Gasteiger partial charge is 0.233 e. The Labute approximate surface area is 169 Å². The third-order valence-electron chi connectivity index (χ3n) is 4.27. The molecule has 3 aromatic rings. The first-order valence-corrected chi connectivity index (χ1v) is 10.1. The van der Waals surface area contributed by atoms with Gasteiger partial charge in [-0.05, 0) is 39.0 Å². The van der Waals surface area contributed by atoms with Gasteiger partial charge in [-0.1, -0.05) is 42.1 Å². The van der Waals surface area contributed by atoms with Gasteiger partial charge in [0, 0.05) is 18.8 Å². The molecule has 3 rings (SSSR count). The van der Waals surface area contributed by atoms with Gasteiger partial charge < -0.3 is 9.32 Å². The molecule has 0 aliphatic rings. The average molecular weight is 397 g/mol. The van der Waals surface area contributed by atoms with Crippen molar-refractivity contribution in [3.05, 3.63) is 60.6 Å². The highest BCUT2D eigenvalue weighted by atomic mass is 32.2. The van der Waals surface area contributed by atoms with E-state index in [1.807, 2.05) is 61.7 Å². The summed E-state index contributed by atoms with van der Waals surface area (Å²) < 4.78 is 7.41. The summed E-state index contributed by atoms with van der Waals surface area (Å²) >= 11 is 1.38. The lowest BCUT2D eigenvalue weighted by Gasteiger charge is -2.20. The number of carbonyl (C=O) groups is 1. The van der Waals surface area contributed by atoms with Crippen LogP contribution < -0.4 is 0 Å². The summed E-state index contributed by atoms with van der Waals surface area (Å²) in [4.78, 5) is 14.4. The van der Waals surface area contributed by atoms with Gasteiger partial charge in [0.15, 0.2) is 11.0 Å². The summed E-state index contributed by atoms with van der Waals surface area (Å²) in [5.74, 6) is 1.81. The fraction of sp³-hybridized carbons (Fsp3) is 0.286. The van der Waals surface area contributed by atoms with Crippen molar-refractivity contribution in [1.29, 1.82) is 0 Å². The monoisotopic (exact) mass is 396 g/mol. The van der Waals surface area contributed by atoms with E-state index in [9.17, 15) is 4.79 Å². The van der Waals surface area contributed by atoms with Crippen LogP contribution in [0.4, 0.5) is 0 Å². The molecule has 146 valence electrons. The minimum Gasteiger partial charge on any atom is -0.469 e. The van der Waals surface area contributed by atoms with Crippen molar-refractivity contribution in [2.75, 3.05) is 18.8 Å². The van der Waals surface area contributed by atoms with E-state index in [1.165, 1.54) is 11.8 Å². The second kappa shape index (κ2) is 8.93. The zero-order chi connectivity index (χ0) is 20.1. The summed E-state index contributed by atoms with van der Waals surface area (Å²) in [5.41, 5.74) is 2.78. The molecule has 0 saturated heterocycles. The van der Waals surface area contributed by atoms with E-state index in [4.69, 9.17) is 4.42 Å². The van der Waals surface area contributed by atoms with Crippen LogP contribution in [0.5, 0.6) is 0 Å². The van der Waals surface area contributed by atoms with Gasteiger partial charge in [-0.15, -0.1) is 10.2 Å². The molecule has 0 N–H and O–H groups in total. The van der Waals surface area contributed by atoms with Gasteiger partial charge in [0.2, 0.25) is 5.91 Å². The van der Waals surface area contributed by atoms with Crippen molar-refractivity contribution in [2.24, 2.45) is 0 Å². The molecule has 0 aliphatic carbocycles. The van der Waals surface area contributed by atoms with Gasteiger partial charge in [0.25, 0.3) is 0 Å². The number of likely N-dealkylation sites (N-methyl/N-ethyl adjacent to an activating group) is 1. The molecule has 6 nitrogen and oxygen atoms in total. The third kappa shape index (κ3) is 4.36. The van der Waals surface area contributed by atoms with Gasteiger partial charge in [-0.2, -0.15) is 0 Å². The summed E-state index contributed by atoms with van der Waals surface area (Å²) in [6, 6.07) is 11.8. The molecule has 0 fully saturated rings. The highest BCUT2D eigenvalue weighted by Gasteiger charge is 2.20. The number of benzene rings is 1. The van der Waals surface area contributed by atoms with Crippen LogP contribution in [0.15, 0.2) is 64.4 Å². The minimum atomic E-state index is 0.0548. The van der Waals surface area contributed by atoms with Crippen LogP contribution >= 0.6 is 11.8 Å². The van der Waals surface area contributed by atoms with E-state index in [2.05, 4.69) is 16.8 Å². The van der Waals surface area contributed by atoms with Crippen LogP contribution in [-0.4, -0.2) is 44.4 Å². The SMILES string of the molecule is C=C(C)CN(CC)C(=O)CSc1nnc(-c2ccoc2C)n1-c1ccccc1. The second-order valence-electron chi connectivity index (χ2n) is 6.52. The van der Waals surface area contributed by atoms with Crippen LogP contribution in [0, 0.1) is 6.92 Å². The lowest BCUT2D eigenvalue weighted by Crippen LogP contribution is -2.33. The van der Waals surface area contributed by atoms with Crippen molar-refractivity contribution in [2.45, 2.75) is 25.9 Å². The van der Waals surface area contributed by atoms with Gasteiger partial charge in [-0.3, -0.25) is 9.36 Å². The van der Waals surface area contributed by atoms with E-state index in [0.29, 0.717) is 24.1 Å². The Hall–Kier alpha value is -2.80. The lowest BCUT2D eigenvalue weighted by atomic mass is 10.2. The summed E-state index contributed by atoms with van der Waals surface area (Å²) in [6.45, 7) is 10.9. The number of aromatic nitrogens is 3. The Morgan fingerprint density at radius 1 is 1.25 bits per heavy atom. The van der Waals surface area contributed by atoms with Crippen LogP contribution in [0.2, 0.25) is 0 Å². The molecule has 28 heavy (non-hydrogen) atoms. The fourth-order valence-electron chi connectivity index (χ4n) is 2.88. The molecule has 0 unspecified atom stereocenters. The zero-order valence-corrected chi connectivity index (χ0v) is 17.2. The van der Waals surface area contributed by atoms with E-state index in [-0.39, 0.29) is 11.7 Å². The van der Waals surface area contributed by atoms with E-state index < -0.39 is 0 Å². The quantitative estimate of drug-likeness (QED) is 0.418. The van der Waals surface area contributed by atoms with E-state index in [1.54, 1.807) is 11.2 Å². The number of carbonyl (C=O) groups excluding carboxylic acids is 1. The Kier molecular flexibility index (Phi) is 6.36. The molecule has 1 amide bonds. The highest BCUT2D eigenvalue weighted by Crippen LogP contribution is 2.30. The lowest BCUT2D eigenvalue weighted by molar-refractivity contribution is -0.127. The fourth-order valence-corrected chi connectivity index (χ4v) is 3.74. The van der Waals surface area contributed by atoms with Gasteiger partial charge in [0.1, 0.15) is 5.76 Å². The first kappa shape index (κ1) is 19.9. The van der Waals surface area contributed by atoms with E-state index in [0.717, 1.165) is 22.6 Å². The first-order chi connectivity index (χ1) is 13.5. The van der Waals surface area contributed by atoms with Crippen LogP contribution in [0.25, 0.3) is 17.1 Å². The average Bonchev–Trinajstić information content (AvgIpc) is 3.30. The van der Waals surface area contributed by atoms with Gasteiger partial charge in [-0.25, -0.2) is 0 Å². The number of hydrogen-bond donors (Lipinski definition) is 0. The zero-order valence-electron chi connectivity index (χ0n) is 16.4. The molecule has 0 atom stereocenters. The molecular formula is C21H24N4O2S. The largest absolute Gasteiger partial charge is 0.469 e. The van der Waals surface area contributed by atoms with Gasteiger partial charge in [0.05, 0.1) is 17.6 Å². The predicted molar refractivity (Wildman–Crippen MR) is 112 cm³/mol. The number of hydrogen-bond acceptors (Lipinski definition) is 5. The number of aryl methyl sites for hydroxylation is 1. The molecule has 0 aliphatic heterocycles. The normalized spacial score (nSPS) is 10.8. The number of rotatable bonds is 8. The molecule has 1 aromatic carbocycles. The number of nitrogens with zero attached hydrogens (tertiary/aromatic N) is 4. The Morgan fingerprint density at radius 2 is 2.00 bits per heavy atom. The number of para-hydroxylation sites is 1. The topological polar surface area (TPSA) is 64.2 Å². The van der Waals surface area contributed by atoms with Gasteiger partial charge >= 0.3 is 0 Å². The van der Waals surface area contributed by atoms with Crippen LogP contribution in [-0.2, 0) is 4.79 Å². The van der Waals surface area contributed by atoms with Crippen LogP contribution in [0.3, 0.4) is 0 Å². The maximum Gasteiger partial charge on any atom is 0.233 e. The van der Waals surface area contributed by atoms with Crippen molar-refractivity contribution < 1.29 is 9.21 Å². The molecule has 2 heterocycles. The van der Waals surface area contributed by atoms with Crippen molar-refractivity contribution in [3.8, 4) is 17.1 Å². The summed E-state index contributed by atoms with van der Waals surface area (Å²) in [7, 11) is 0. The Bertz CT molecular complexity index is 962. The highest BCUT2D eigenvalue weighted by molar-refractivity contribution is 7.99. The van der Waals surface area contributed by atoms with Crippen LogP contribution in [0.1, 0.15) is 19.6 Å². The Balaban J connectivity index is 1.90. The second-order valence-corrected chi connectivity index (χ2v) is 7.46. The minimum absolute atomic E-state index is 0.0548. The number of amides is 1. The maximum absolute atomic E-state index is 12.6. The predicted octanol–water partition coefficient (Wildman–Crippen LogP) is 4.35. The third-order valence-corrected chi connectivity index (χ3v) is 5.18.